The maximum Gasteiger partial charge on any atom is 0.416 e. The van der Waals surface area contributed by atoms with Crippen LogP contribution in [-0.2, 0) is 6.18 Å². The Bertz CT molecular complexity index is 598. The molecule has 9 heteroatoms. The lowest BCUT2D eigenvalue weighted by Crippen LogP contribution is -2.51. The van der Waals surface area contributed by atoms with Crippen LogP contribution in [-0.4, -0.2) is 12.4 Å². The lowest BCUT2D eigenvalue weighted by Gasteiger charge is -2.42. The number of hydrogen-bond acceptors (Lipinski definition) is 0. The van der Waals surface area contributed by atoms with Crippen molar-refractivity contribution in [3.05, 3.63) is 34.9 Å². The first-order valence-corrected chi connectivity index (χ1v) is 7.50. The van der Waals surface area contributed by atoms with Crippen LogP contribution < -0.4 is 0 Å². The van der Waals surface area contributed by atoms with Crippen molar-refractivity contribution in [2.45, 2.75) is 57.1 Å². The van der Waals surface area contributed by atoms with Gasteiger partial charge in [-0.05, 0) is 55.7 Å². The smallest absolute Gasteiger partial charge is 0.170 e. The van der Waals surface area contributed by atoms with Crippen molar-refractivity contribution >= 4 is 0 Å². The molecule has 0 amide bonds. The van der Waals surface area contributed by atoms with Crippen LogP contribution in [0.2, 0.25) is 0 Å². The molecule has 2 rings (SSSR count). The van der Waals surface area contributed by atoms with E-state index in [-0.39, 0.29) is 11.1 Å². The van der Waals surface area contributed by atoms with Crippen molar-refractivity contribution in [3.8, 4) is 0 Å². The van der Waals surface area contributed by atoms with E-state index in [1.54, 1.807) is 0 Å². The van der Waals surface area contributed by atoms with E-state index in [9.17, 15) is 39.5 Å². The zero-order valence-electron chi connectivity index (χ0n) is 13.0. The van der Waals surface area contributed by atoms with Gasteiger partial charge in [-0.3, -0.25) is 0 Å². The van der Waals surface area contributed by atoms with Gasteiger partial charge in [-0.25, -0.2) is 0 Å². The molecule has 0 spiro atoms. The van der Waals surface area contributed by atoms with E-state index in [4.69, 9.17) is 0 Å². The van der Waals surface area contributed by atoms with E-state index in [0.29, 0.717) is 0 Å². The lowest BCUT2D eigenvalue weighted by atomic mass is 9.67. The molecule has 0 radical (unpaired) electrons. The zero-order valence-corrected chi connectivity index (χ0v) is 13.0. The molecule has 1 fully saturated rings. The summed E-state index contributed by atoms with van der Waals surface area (Å²) in [5.41, 5.74) is -4.63. The molecule has 0 unspecified atom stereocenters. The van der Waals surface area contributed by atoms with Crippen molar-refractivity contribution in [1.29, 1.82) is 0 Å². The Morgan fingerprint density at radius 2 is 1.32 bits per heavy atom. The number of halogens is 9. The van der Waals surface area contributed by atoms with E-state index in [2.05, 4.69) is 0 Å². The Balaban J connectivity index is 2.28. The molecule has 1 aromatic rings. The van der Waals surface area contributed by atoms with Crippen LogP contribution in [0.3, 0.4) is 0 Å². The minimum Gasteiger partial charge on any atom is -0.170 e. The second kappa shape index (κ2) is 6.09. The highest BCUT2D eigenvalue weighted by Crippen LogP contribution is 2.60. The maximum atomic E-state index is 13.0. The fourth-order valence-corrected chi connectivity index (χ4v) is 3.37. The highest BCUT2D eigenvalue weighted by Gasteiger charge is 2.70. The van der Waals surface area contributed by atoms with Crippen molar-refractivity contribution in [2.24, 2.45) is 5.41 Å². The molecule has 0 heterocycles. The average Bonchev–Trinajstić information content (AvgIpc) is 2.44. The molecule has 142 valence electrons. The highest BCUT2D eigenvalue weighted by atomic mass is 19.4. The molecule has 1 saturated carbocycles. The summed E-state index contributed by atoms with van der Waals surface area (Å²) in [6.07, 6.45) is -18.8. The molecule has 0 atom stereocenters. The van der Waals surface area contributed by atoms with Gasteiger partial charge in [0.05, 0.1) is 5.56 Å². The van der Waals surface area contributed by atoms with E-state index < -0.39 is 61.1 Å². The Morgan fingerprint density at radius 1 is 0.840 bits per heavy atom. The molecule has 0 nitrogen and oxygen atoms in total. The number of alkyl halides is 9. The second-order valence-corrected chi connectivity index (χ2v) is 6.42. The molecule has 0 N–H and O–H groups in total. The van der Waals surface area contributed by atoms with Crippen LogP contribution >= 0.6 is 0 Å². The van der Waals surface area contributed by atoms with Gasteiger partial charge >= 0.3 is 18.5 Å². The standard InChI is InChI=1S/C16H15F9/c1-9-2-3-11(8-12(9)14(17,18)19)10-4-6-13(7-5-10,15(20,21)22)16(23,24)25/h2-3,8,10H,4-7H2,1H3. The monoisotopic (exact) mass is 378 g/mol. The van der Waals surface area contributed by atoms with Gasteiger partial charge in [0.2, 0.25) is 0 Å². The fraction of sp³-hybridized carbons (Fsp3) is 0.625. The van der Waals surface area contributed by atoms with E-state index in [1.807, 2.05) is 0 Å². The van der Waals surface area contributed by atoms with Gasteiger partial charge in [0.15, 0.2) is 5.41 Å². The van der Waals surface area contributed by atoms with E-state index >= 15 is 0 Å². The molecule has 0 aromatic heterocycles. The molecule has 1 aromatic carbocycles. The largest absolute Gasteiger partial charge is 0.416 e. The predicted octanol–water partition coefficient (Wildman–Crippen LogP) is 6.78. The van der Waals surface area contributed by atoms with Crippen molar-refractivity contribution < 1.29 is 39.5 Å². The Labute approximate surface area is 138 Å². The van der Waals surface area contributed by atoms with Gasteiger partial charge in [0.25, 0.3) is 0 Å². The summed E-state index contributed by atoms with van der Waals surface area (Å²) in [6, 6.07) is 3.35. The van der Waals surface area contributed by atoms with Crippen LogP contribution in [0, 0.1) is 12.3 Å². The van der Waals surface area contributed by atoms with Crippen molar-refractivity contribution in [2.75, 3.05) is 0 Å². The average molecular weight is 378 g/mol. The number of benzene rings is 1. The lowest BCUT2D eigenvalue weighted by molar-refractivity contribution is -0.350. The van der Waals surface area contributed by atoms with E-state index in [1.165, 1.54) is 19.1 Å². The molecule has 0 aliphatic heterocycles. The fourth-order valence-electron chi connectivity index (χ4n) is 3.37. The third-order valence-electron chi connectivity index (χ3n) is 4.96. The van der Waals surface area contributed by atoms with Gasteiger partial charge in [0.1, 0.15) is 0 Å². The Kier molecular flexibility index (Phi) is 4.85. The Hall–Kier alpha value is -1.41. The third-order valence-corrected chi connectivity index (χ3v) is 4.96. The van der Waals surface area contributed by atoms with Gasteiger partial charge < -0.3 is 0 Å². The summed E-state index contributed by atoms with van der Waals surface area (Å²) in [5.74, 6) is -0.764. The Morgan fingerprint density at radius 3 is 1.72 bits per heavy atom. The first kappa shape index (κ1) is 19.9. The summed E-state index contributed by atoms with van der Waals surface area (Å²) >= 11 is 0. The summed E-state index contributed by atoms with van der Waals surface area (Å²) in [4.78, 5) is 0. The molecular weight excluding hydrogens is 363 g/mol. The normalized spacial score (nSPS) is 19.9. The van der Waals surface area contributed by atoms with Gasteiger partial charge in [0, 0.05) is 0 Å². The SMILES string of the molecule is Cc1ccc(C2CCC(C(F)(F)F)(C(F)(F)F)CC2)cc1C(F)(F)F. The van der Waals surface area contributed by atoms with Crippen LogP contribution in [0.5, 0.6) is 0 Å². The first-order valence-electron chi connectivity index (χ1n) is 7.50. The van der Waals surface area contributed by atoms with Crippen LogP contribution in [0.4, 0.5) is 39.5 Å². The summed E-state index contributed by atoms with van der Waals surface area (Å²) in [6.45, 7) is 1.24. The maximum absolute atomic E-state index is 13.0. The molecule has 0 bridgehead atoms. The van der Waals surface area contributed by atoms with Crippen LogP contribution in [0.15, 0.2) is 18.2 Å². The highest BCUT2D eigenvalue weighted by molar-refractivity contribution is 5.35. The third kappa shape index (κ3) is 3.60. The zero-order chi connectivity index (χ0) is 19.3. The predicted molar refractivity (Wildman–Crippen MR) is 71.9 cm³/mol. The topological polar surface area (TPSA) is 0 Å². The summed E-state index contributed by atoms with van der Waals surface area (Å²) < 4.78 is 117. The molecule has 0 saturated heterocycles. The second-order valence-electron chi connectivity index (χ2n) is 6.42. The summed E-state index contributed by atoms with van der Waals surface area (Å²) in [7, 11) is 0. The first-order chi connectivity index (χ1) is 11.2. The number of aryl methyl sites for hydroxylation is 1. The summed E-state index contributed by atoms with van der Waals surface area (Å²) in [5, 5.41) is 0. The quantitative estimate of drug-likeness (QED) is 0.473. The van der Waals surface area contributed by atoms with Crippen LogP contribution in [0.1, 0.15) is 48.3 Å². The molecule has 1 aliphatic carbocycles. The van der Waals surface area contributed by atoms with Crippen molar-refractivity contribution in [1.82, 2.24) is 0 Å². The number of hydrogen-bond donors (Lipinski definition) is 0. The molecular formula is C16H15F9. The number of rotatable bonds is 1. The van der Waals surface area contributed by atoms with Gasteiger partial charge in [-0.15, -0.1) is 0 Å². The molecule has 25 heavy (non-hydrogen) atoms. The minimum atomic E-state index is -5.44. The minimum absolute atomic E-state index is 0.0491. The van der Waals surface area contributed by atoms with Crippen LogP contribution in [0.25, 0.3) is 0 Å². The van der Waals surface area contributed by atoms with E-state index in [0.717, 1.165) is 6.07 Å². The molecule has 1 aliphatic rings. The van der Waals surface area contributed by atoms with Gasteiger partial charge in [-0.1, -0.05) is 12.1 Å². The van der Waals surface area contributed by atoms with Crippen molar-refractivity contribution in [3.63, 3.8) is 0 Å². The van der Waals surface area contributed by atoms with Gasteiger partial charge in [-0.2, -0.15) is 39.5 Å².